The molecule has 0 amide bonds. The molecule has 82 valence electrons. The fraction of sp³-hybridized carbons (Fsp3) is 0.250. The van der Waals surface area contributed by atoms with E-state index in [0.717, 1.165) is 5.56 Å². The van der Waals surface area contributed by atoms with Gasteiger partial charge in [0.25, 0.3) is 0 Å². The zero-order chi connectivity index (χ0) is 12.1. The number of hydrogen-bond donors (Lipinski definition) is 0. The van der Waals surface area contributed by atoms with Crippen molar-refractivity contribution in [1.82, 2.24) is 0 Å². The number of halogens is 4. The van der Waals surface area contributed by atoms with Gasteiger partial charge in [0, 0.05) is 12.1 Å². The van der Waals surface area contributed by atoms with Crippen LogP contribution in [0.2, 0.25) is 0 Å². The van der Waals surface area contributed by atoms with Crippen LogP contribution in [0.25, 0.3) is 4.98 Å². The van der Waals surface area contributed by atoms with E-state index in [0.29, 0.717) is 5.69 Å². The molecule has 0 radical (unpaired) electrons. The van der Waals surface area contributed by atoms with Crippen LogP contribution in [-0.2, 0) is 0 Å². The summed E-state index contributed by atoms with van der Waals surface area (Å²) in [6, 6.07) is 5.56. The van der Waals surface area contributed by atoms with Crippen LogP contribution in [0, 0.1) is 19.2 Å². The minimum atomic E-state index is -6.00. The van der Waals surface area contributed by atoms with Crippen LogP contribution in [0.4, 0.5) is 23.0 Å². The van der Waals surface area contributed by atoms with Gasteiger partial charge in [0.1, 0.15) is 0 Å². The lowest BCUT2D eigenvalue weighted by Crippen LogP contribution is -2.02. The first-order valence-corrected chi connectivity index (χ1v) is 4.03. The van der Waals surface area contributed by atoms with Gasteiger partial charge in [0.05, 0.1) is 0 Å². The third kappa shape index (κ3) is 7.49. The molecule has 0 aliphatic rings. The molecule has 0 heterocycles. The predicted molar refractivity (Wildman–Crippen MR) is 50.8 cm³/mol. The van der Waals surface area contributed by atoms with Gasteiger partial charge in [-0.25, -0.2) is 0 Å². The van der Waals surface area contributed by atoms with Gasteiger partial charge in [0.15, 0.2) is 4.98 Å². The largest absolute Gasteiger partial charge is 0.673 e. The minimum Gasteiger partial charge on any atom is -0.418 e. The maximum absolute atomic E-state index is 9.75. The fourth-order valence-corrected chi connectivity index (χ4v) is 0.788. The van der Waals surface area contributed by atoms with Gasteiger partial charge < -0.3 is 17.3 Å². The quantitative estimate of drug-likeness (QED) is 0.367. The van der Waals surface area contributed by atoms with Gasteiger partial charge >= 0.3 is 12.9 Å². The van der Waals surface area contributed by atoms with Crippen molar-refractivity contribution in [1.29, 1.82) is 5.39 Å². The van der Waals surface area contributed by atoms with Gasteiger partial charge in [-0.15, -0.1) is 0 Å². The summed E-state index contributed by atoms with van der Waals surface area (Å²) >= 11 is 0. The highest BCUT2D eigenvalue weighted by atomic mass is 19.5. The molecule has 1 aromatic rings. The van der Waals surface area contributed by atoms with E-state index in [-0.39, 0.29) is 0 Å². The fourth-order valence-electron chi connectivity index (χ4n) is 0.788. The van der Waals surface area contributed by atoms with Crippen molar-refractivity contribution < 1.29 is 17.3 Å². The summed E-state index contributed by atoms with van der Waals surface area (Å²) in [5.74, 6) is 0. The van der Waals surface area contributed by atoms with Crippen LogP contribution in [0.15, 0.2) is 18.2 Å². The van der Waals surface area contributed by atoms with Crippen LogP contribution in [0.3, 0.4) is 0 Å². The summed E-state index contributed by atoms with van der Waals surface area (Å²) in [4.78, 5) is 3.07. The summed E-state index contributed by atoms with van der Waals surface area (Å²) in [6.07, 6.45) is 0. The first-order chi connectivity index (χ1) is 6.74. The average molecular weight is 220 g/mol. The molecule has 1 aromatic carbocycles. The Morgan fingerprint density at radius 2 is 1.53 bits per heavy atom. The molecule has 0 N–H and O–H groups in total. The monoisotopic (exact) mass is 220 g/mol. The Hall–Kier alpha value is -1.58. The zero-order valence-electron chi connectivity index (χ0n) is 8.22. The number of nitrogens with zero attached hydrogens (tertiary/aromatic N) is 2. The van der Waals surface area contributed by atoms with E-state index in [2.05, 4.69) is 4.98 Å². The number of diazo groups is 1. The number of aryl methyl sites for hydroxylation is 2. The number of rotatable bonds is 0. The highest BCUT2D eigenvalue weighted by Gasteiger charge is 2.20. The van der Waals surface area contributed by atoms with Gasteiger partial charge in [-0.1, -0.05) is 6.07 Å². The average Bonchev–Trinajstić information content (AvgIpc) is 2.07. The number of hydrogen-bond acceptors (Lipinski definition) is 1. The molecule has 7 heteroatoms. The topological polar surface area (TPSA) is 28.1 Å². The Labute approximate surface area is 84.6 Å². The molecule has 0 spiro atoms. The van der Waals surface area contributed by atoms with Crippen molar-refractivity contribution in [2.75, 3.05) is 0 Å². The molecular weight excluding hydrogens is 211 g/mol. The van der Waals surface area contributed by atoms with Gasteiger partial charge in [0.2, 0.25) is 5.39 Å². The summed E-state index contributed by atoms with van der Waals surface area (Å²) in [7, 11) is -6.00. The highest BCUT2D eigenvalue weighted by Crippen LogP contribution is 2.16. The van der Waals surface area contributed by atoms with Gasteiger partial charge in [-0.2, -0.15) is 0 Å². The Kier molecular flexibility index (Phi) is 4.78. The minimum absolute atomic E-state index is 0.614. The first kappa shape index (κ1) is 13.4. The SMILES string of the molecule is Cc1ccc([N+]#N)cc1C.F[B-](F)(F)F. The third-order valence-corrected chi connectivity index (χ3v) is 1.61. The normalized spacial score (nSPS) is 9.93. The van der Waals surface area contributed by atoms with Crippen LogP contribution in [0.1, 0.15) is 11.1 Å². The molecule has 2 nitrogen and oxygen atoms in total. The van der Waals surface area contributed by atoms with Crippen LogP contribution < -0.4 is 0 Å². The molecular formula is C8H9BF4N2. The van der Waals surface area contributed by atoms with E-state index in [9.17, 15) is 17.3 Å². The molecule has 0 bridgehead atoms. The predicted octanol–water partition coefficient (Wildman–Crippen LogP) is 4.09. The molecule has 15 heavy (non-hydrogen) atoms. The van der Waals surface area contributed by atoms with Crippen molar-refractivity contribution in [2.24, 2.45) is 0 Å². The molecule has 1 rings (SSSR count). The molecule has 0 saturated heterocycles. The third-order valence-electron chi connectivity index (χ3n) is 1.61. The molecule has 0 aromatic heterocycles. The van der Waals surface area contributed by atoms with Crippen LogP contribution in [0.5, 0.6) is 0 Å². The zero-order valence-corrected chi connectivity index (χ0v) is 8.22. The van der Waals surface area contributed by atoms with Crippen molar-refractivity contribution in [2.45, 2.75) is 13.8 Å². The second-order valence-electron chi connectivity index (χ2n) is 2.86. The summed E-state index contributed by atoms with van der Waals surface area (Å²) in [5, 5.41) is 8.38. The van der Waals surface area contributed by atoms with Crippen LogP contribution >= 0.6 is 0 Å². The summed E-state index contributed by atoms with van der Waals surface area (Å²) < 4.78 is 39.0. The van der Waals surface area contributed by atoms with Crippen molar-refractivity contribution >= 4 is 12.9 Å². The Morgan fingerprint density at radius 3 is 1.87 bits per heavy atom. The molecule has 0 fully saturated rings. The van der Waals surface area contributed by atoms with E-state index in [4.69, 9.17) is 5.39 Å². The smallest absolute Gasteiger partial charge is 0.418 e. The molecule has 0 saturated carbocycles. The lowest BCUT2D eigenvalue weighted by atomic mass is 10.1. The molecule has 0 unspecified atom stereocenters. The molecule has 0 atom stereocenters. The second-order valence-corrected chi connectivity index (χ2v) is 2.86. The maximum Gasteiger partial charge on any atom is 0.673 e. The van der Waals surface area contributed by atoms with Crippen molar-refractivity contribution in [3.05, 3.63) is 34.3 Å². The first-order valence-electron chi connectivity index (χ1n) is 4.03. The standard InChI is InChI=1S/C8H9N2.BF4/c1-6-3-4-8(10-9)5-7(6)2;2-1(3,4)5/h3-5H,1-2H3;/q+1;-1. The van der Waals surface area contributed by atoms with Gasteiger partial charge in [-0.05, 0) is 25.0 Å². The maximum atomic E-state index is 9.75. The highest BCUT2D eigenvalue weighted by molar-refractivity contribution is 6.50. The van der Waals surface area contributed by atoms with Crippen LogP contribution in [-0.4, -0.2) is 7.25 Å². The molecule has 0 aliphatic carbocycles. The lowest BCUT2D eigenvalue weighted by Gasteiger charge is -1.94. The van der Waals surface area contributed by atoms with E-state index in [1.54, 1.807) is 6.07 Å². The number of benzene rings is 1. The van der Waals surface area contributed by atoms with Gasteiger partial charge in [-0.3, -0.25) is 0 Å². The lowest BCUT2D eigenvalue weighted by molar-refractivity contribution is 0.368. The van der Waals surface area contributed by atoms with E-state index >= 15 is 0 Å². The Morgan fingerprint density at radius 1 is 1.07 bits per heavy atom. The second kappa shape index (κ2) is 5.34. The van der Waals surface area contributed by atoms with Crippen molar-refractivity contribution in [3.63, 3.8) is 0 Å². The van der Waals surface area contributed by atoms with E-state index < -0.39 is 7.25 Å². The van der Waals surface area contributed by atoms with E-state index in [1.807, 2.05) is 26.0 Å². The summed E-state index contributed by atoms with van der Waals surface area (Å²) in [6.45, 7) is 4.01. The Balaban J connectivity index is 0.000000336. The summed E-state index contributed by atoms with van der Waals surface area (Å²) in [5.41, 5.74) is 2.98. The van der Waals surface area contributed by atoms with E-state index in [1.165, 1.54) is 5.56 Å². The Bertz CT molecular complexity index is 364. The molecule has 0 aliphatic heterocycles. The van der Waals surface area contributed by atoms with Crippen molar-refractivity contribution in [3.8, 4) is 0 Å².